The molecule has 0 fully saturated rings. The van der Waals surface area contributed by atoms with E-state index in [2.05, 4.69) is 9.72 Å². The van der Waals surface area contributed by atoms with Gasteiger partial charge in [0.25, 0.3) is 10.0 Å². The van der Waals surface area contributed by atoms with Crippen LogP contribution in [0, 0.1) is 13.8 Å². The number of aromatic nitrogens is 1. The van der Waals surface area contributed by atoms with Crippen LogP contribution in [0.1, 0.15) is 27.2 Å². The molecule has 1 heterocycles. The fraction of sp³-hybridized carbons (Fsp3) is 0.154. The predicted molar refractivity (Wildman–Crippen MR) is 131 cm³/mol. The van der Waals surface area contributed by atoms with Gasteiger partial charge in [0.2, 0.25) is 0 Å². The highest BCUT2D eigenvalue weighted by Crippen LogP contribution is 2.33. The first-order chi connectivity index (χ1) is 17.4. The molecule has 1 N–H and O–H groups in total. The van der Waals surface area contributed by atoms with Gasteiger partial charge in [-0.15, -0.1) is 13.2 Å². The van der Waals surface area contributed by atoms with Crippen LogP contribution >= 0.6 is 0 Å². The van der Waals surface area contributed by atoms with Crippen molar-refractivity contribution >= 4 is 32.6 Å². The molecule has 0 aliphatic rings. The fourth-order valence-corrected chi connectivity index (χ4v) is 5.38. The summed E-state index contributed by atoms with van der Waals surface area (Å²) in [4.78, 5) is 15.6. The van der Waals surface area contributed by atoms with Crippen LogP contribution in [0.5, 0.6) is 5.75 Å². The monoisotopic (exact) mass is 530 g/mol. The van der Waals surface area contributed by atoms with Gasteiger partial charge in [-0.3, -0.25) is 0 Å². The number of fused-ring (bicyclic) bond motifs is 1. The highest BCUT2D eigenvalue weighted by atomic mass is 32.2. The normalized spacial score (nSPS) is 11.9. The molecular weight excluding hydrogens is 509 g/mol. The number of hydrogen-bond donors (Lipinski definition) is 1. The number of aryl methyl sites for hydroxylation is 2. The van der Waals surface area contributed by atoms with Crippen LogP contribution in [0.3, 0.4) is 0 Å². The Kier molecular flexibility index (Phi) is 6.83. The fourth-order valence-electron chi connectivity index (χ4n) is 3.92. The number of halogens is 3. The van der Waals surface area contributed by atoms with E-state index < -0.39 is 28.1 Å². The van der Waals surface area contributed by atoms with Gasteiger partial charge < -0.3 is 9.84 Å². The highest BCUT2D eigenvalue weighted by Gasteiger charge is 2.32. The number of hydrogen-bond acceptors (Lipinski definition) is 5. The first-order valence-electron chi connectivity index (χ1n) is 10.9. The maximum absolute atomic E-state index is 13.8. The summed E-state index contributed by atoms with van der Waals surface area (Å²) in [5.41, 5.74) is 1.48. The van der Waals surface area contributed by atoms with Gasteiger partial charge in [0.15, 0.2) is 0 Å². The van der Waals surface area contributed by atoms with Crippen molar-refractivity contribution < 1.29 is 36.2 Å². The molecule has 0 aliphatic carbocycles. The summed E-state index contributed by atoms with van der Waals surface area (Å²) in [5.74, 6) is -1.50. The Labute approximate surface area is 210 Å². The summed E-state index contributed by atoms with van der Waals surface area (Å²) in [7, 11) is -4.27. The second kappa shape index (κ2) is 9.74. The number of aromatic carboxylic acids is 1. The van der Waals surface area contributed by atoms with Crippen molar-refractivity contribution in [1.82, 2.24) is 4.98 Å². The smallest absolute Gasteiger partial charge is 0.478 e. The molecule has 37 heavy (non-hydrogen) atoms. The first-order valence-corrected chi connectivity index (χ1v) is 12.4. The summed E-state index contributed by atoms with van der Waals surface area (Å²) < 4.78 is 70.3. The molecule has 0 atom stereocenters. The Morgan fingerprint density at radius 2 is 1.54 bits per heavy atom. The van der Waals surface area contributed by atoms with Crippen molar-refractivity contribution in [3.63, 3.8) is 0 Å². The number of carbonyl (C=O) groups is 1. The van der Waals surface area contributed by atoms with Crippen LogP contribution in [-0.4, -0.2) is 30.8 Å². The van der Waals surface area contributed by atoms with E-state index in [-0.39, 0.29) is 22.8 Å². The number of anilines is 1. The Morgan fingerprint density at radius 3 is 2.11 bits per heavy atom. The number of carboxylic acid groups (broad SMARTS) is 1. The maximum atomic E-state index is 13.8. The molecule has 0 radical (unpaired) electrons. The molecule has 0 spiro atoms. The van der Waals surface area contributed by atoms with E-state index >= 15 is 0 Å². The van der Waals surface area contributed by atoms with Gasteiger partial charge in [-0.25, -0.2) is 22.5 Å². The van der Waals surface area contributed by atoms with E-state index in [1.54, 1.807) is 13.8 Å². The average Bonchev–Trinajstić information content (AvgIpc) is 2.85. The summed E-state index contributed by atoms with van der Waals surface area (Å²) in [6.45, 7) is 3.24. The van der Waals surface area contributed by atoms with Crippen LogP contribution in [0.25, 0.3) is 10.8 Å². The van der Waals surface area contributed by atoms with Crippen molar-refractivity contribution in [3.8, 4) is 5.75 Å². The van der Waals surface area contributed by atoms with E-state index in [0.29, 0.717) is 16.8 Å². The van der Waals surface area contributed by atoms with E-state index in [9.17, 15) is 31.5 Å². The number of sulfonamides is 1. The summed E-state index contributed by atoms with van der Waals surface area (Å²) in [5, 5.41) is 10.8. The second-order valence-electron chi connectivity index (χ2n) is 8.22. The van der Waals surface area contributed by atoms with Gasteiger partial charge in [-0.05, 0) is 61.2 Å². The van der Waals surface area contributed by atoms with Crippen LogP contribution in [-0.2, 0) is 16.6 Å². The minimum absolute atomic E-state index is 0.0818. The van der Waals surface area contributed by atoms with E-state index in [1.807, 2.05) is 24.3 Å². The first kappa shape index (κ1) is 26.0. The van der Waals surface area contributed by atoms with Crippen LogP contribution in [0.4, 0.5) is 19.0 Å². The van der Waals surface area contributed by atoms with Crippen molar-refractivity contribution in [2.45, 2.75) is 31.7 Å². The van der Waals surface area contributed by atoms with Crippen LogP contribution in [0.15, 0.2) is 77.7 Å². The van der Waals surface area contributed by atoms with Crippen LogP contribution < -0.4 is 9.04 Å². The molecule has 0 unspecified atom stereocenters. The molecule has 0 amide bonds. The molecule has 11 heteroatoms. The van der Waals surface area contributed by atoms with Gasteiger partial charge in [0.05, 0.1) is 17.0 Å². The molecule has 4 aromatic rings. The summed E-state index contributed by atoms with van der Waals surface area (Å²) in [6, 6.07) is 17.0. The second-order valence-corrected chi connectivity index (χ2v) is 10.1. The zero-order chi connectivity index (χ0) is 27.0. The van der Waals surface area contributed by atoms with E-state index in [1.165, 1.54) is 36.4 Å². The standard InChI is InChI=1S/C26H21F3N2O5S/c1-16-22-5-3-4-6-23(22)17(2)30-24(16)31(15-18-7-11-20(12-8-18)36-26(27,28)29)37(34,35)21-13-9-19(10-14-21)25(32)33/h3-14H,15H2,1-2H3,(H,32,33). The molecule has 192 valence electrons. The summed E-state index contributed by atoms with van der Waals surface area (Å²) >= 11 is 0. The van der Waals surface area contributed by atoms with Gasteiger partial charge in [0, 0.05) is 16.6 Å². The third-order valence-corrected chi connectivity index (χ3v) is 7.49. The molecule has 0 aliphatic heterocycles. The van der Waals surface area contributed by atoms with Gasteiger partial charge >= 0.3 is 12.3 Å². The Hall–Kier alpha value is -4.12. The van der Waals surface area contributed by atoms with E-state index in [4.69, 9.17) is 0 Å². The molecule has 0 saturated carbocycles. The lowest BCUT2D eigenvalue weighted by Gasteiger charge is -2.26. The lowest BCUT2D eigenvalue weighted by Crippen LogP contribution is -2.32. The summed E-state index contributed by atoms with van der Waals surface area (Å²) in [6.07, 6.45) is -4.86. The maximum Gasteiger partial charge on any atom is 0.573 e. The number of ether oxygens (including phenoxy) is 1. The molecule has 3 aromatic carbocycles. The SMILES string of the molecule is Cc1nc(N(Cc2ccc(OC(F)(F)F)cc2)S(=O)(=O)c2ccc(C(=O)O)cc2)c(C)c2ccccc12. The molecule has 4 rings (SSSR count). The predicted octanol–water partition coefficient (Wildman–Crippen LogP) is 5.84. The minimum atomic E-state index is -4.86. The zero-order valence-corrected chi connectivity index (χ0v) is 20.5. The van der Waals surface area contributed by atoms with Gasteiger partial charge in [0.1, 0.15) is 11.6 Å². The highest BCUT2D eigenvalue weighted by molar-refractivity contribution is 7.92. The lowest BCUT2D eigenvalue weighted by molar-refractivity contribution is -0.274. The minimum Gasteiger partial charge on any atom is -0.478 e. The topological polar surface area (TPSA) is 96.8 Å². The van der Waals surface area contributed by atoms with Gasteiger partial charge in [-0.2, -0.15) is 0 Å². The molecule has 7 nitrogen and oxygen atoms in total. The number of pyridine rings is 1. The van der Waals surface area contributed by atoms with Crippen molar-refractivity contribution in [1.29, 1.82) is 0 Å². The number of carboxylic acids is 1. The lowest BCUT2D eigenvalue weighted by atomic mass is 10.1. The third-order valence-electron chi connectivity index (χ3n) is 5.74. The quantitative estimate of drug-likeness (QED) is 0.322. The number of benzene rings is 3. The number of rotatable bonds is 7. The molecule has 0 bridgehead atoms. The van der Waals surface area contributed by atoms with Gasteiger partial charge in [-0.1, -0.05) is 36.4 Å². The van der Waals surface area contributed by atoms with E-state index in [0.717, 1.165) is 27.2 Å². The number of alkyl halides is 3. The molecule has 0 saturated heterocycles. The van der Waals surface area contributed by atoms with Crippen molar-refractivity contribution in [2.24, 2.45) is 0 Å². The Bertz CT molecular complexity index is 1570. The zero-order valence-electron chi connectivity index (χ0n) is 19.7. The van der Waals surface area contributed by atoms with Crippen molar-refractivity contribution in [3.05, 3.63) is 95.2 Å². The number of nitrogens with zero attached hydrogens (tertiary/aromatic N) is 2. The largest absolute Gasteiger partial charge is 0.573 e. The Morgan fingerprint density at radius 1 is 0.946 bits per heavy atom. The third kappa shape index (κ3) is 5.51. The molecule has 1 aromatic heterocycles. The Balaban J connectivity index is 1.83. The molecular formula is C26H21F3N2O5S. The average molecular weight is 531 g/mol. The van der Waals surface area contributed by atoms with Crippen LogP contribution in [0.2, 0.25) is 0 Å². The van der Waals surface area contributed by atoms with Crippen molar-refractivity contribution in [2.75, 3.05) is 4.31 Å².